The molecule has 0 bridgehead atoms. The predicted octanol–water partition coefficient (Wildman–Crippen LogP) is 3.56. The van der Waals surface area contributed by atoms with E-state index in [1.807, 2.05) is 0 Å². The van der Waals surface area contributed by atoms with Crippen LogP contribution in [0.5, 0.6) is 0 Å². The Morgan fingerprint density at radius 1 is 0.700 bits per heavy atom. The Morgan fingerprint density at radius 2 is 1.00 bits per heavy atom. The van der Waals surface area contributed by atoms with Gasteiger partial charge < -0.3 is 36.1 Å². The summed E-state index contributed by atoms with van der Waals surface area (Å²) in [5.41, 5.74) is 0. The first-order valence-corrected chi connectivity index (χ1v) is 2.32. The van der Waals surface area contributed by atoms with Gasteiger partial charge in [-0.2, -0.15) is 12.8 Å². The summed E-state index contributed by atoms with van der Waals surface area (Å²) in [5.74, 6) is 0. The molecule has 72 valence electrons. The van der Waals surface area contributed by atoms with E-state index in [1.54, 1.807) is 0 Å². The maximum absolute atomic E-state index is 2.36. The quantitative estimate of drug-likeness (QED) is 0.598. The van der Waals surface area contributed by atoms with Crippen molar-refractivity contribution in [2.75, 3.05) is 0 Å². The van der Waals surface area contributed by atoms with Crippen molar-refractivity contribution in [3.05, 3.63) is 36.1 Å². The van der Waals surface area contributed by atoms with Crippen molar-refractivity contribution in [3.63, 3.8) is 0 Å². The smallest absolute Gasteiger partial charge is 0 e. The molecule has 1 fully saturated rings. The summed E-state index contributed by atoms with van der Waals surface area (Å²) in [6.07, 6.45) is 8.00. The minimum atomic E-state index is 0. The zero-order valence-electron chi connectivity index (χ0n) is 7.72. The first-order valence-electron chi connectivity index (χ1n) is 2.32. The van der Waals surface area contributed by atoms with Crippen molar-refractivity contribution in [3.8, 4) is 0 Å². The van der Waals surface area contributed by atoms with Gasteiger partial charge in [0.15, 0.2) is 0 Å². The zero-order valence-corrected chi connectivity index (χ0v) is 9.99. The van der Waals surface area contributed by atoms with Crippen molar-refractivity contribution in [1.29, 1.82) is 0 Å². The molecule has 0 nitrogen and oxygen atoms in total. The fraction of sp³-hybridized carbons (Fsp3) is 0.444. The van der Waals surface area contributed by atoms with E-state index in [0.717, 1.165) is 0 Å². The number of hydrogen-bond acceptors (Lipinski definition) is 0. The first-order chi connectivity index (χ1) is 2.50. The Morgan fingerprint density at radius 3 is 1.10 bits per heavy atom. The maximum atomic E-state index is 2.36. The molecule has 0 aliphatic heterocycles. The Bertz CT molecular complexity index is 16.3. The summed E-state index contributed by atoms with van der Waals surface area (Å²) >= 11 is 0. The molecular formula is C9H21Pt-5. The minimum Gasteiger partial charge on any atom is -0.358 e. The molecule has 0 radical (unpaired) electrons. The van der Waals surface area contributed by atoms with Crippen LogP contribution >= 0.6 is 0 Å². The Kier molecular flexibility index (Phi) is 70.1. The molecule has 0 aromatic carbocycles. The van der Waals surface area contributed by atoms with Gasteiger partial charge in [0.2, 0.25) is 0 Å². The minimum absolute atomic E-state index is 0. The van der Waals surface area contributed by atoms with Gasteiger partial charge in [-0.05, 0) is 0 Å². The van der Waals surface area contributed by atoms with Crippen LogP contribution in [0.1, 0.15) is 25.7 Å². The van der Waals surface area contributed by atoms with E-state index in [4.69, 9.17) is 0 Å². The average Bonchev–Trinajstić information content (AvgIpc) is 1.76. The molecular weight excluding hydrogens is 303 g/mol. The van der Waals surface area contributed by atoms with Crippen LogP contribution in [0.25, 0.3) is 0 Å². The molecule has 0 saturated heterocycles. The van der Waals surface area contributed by atoms with Gasteiger partial charge >= 0.3 is 0 Å². The maximum Gasteiger partial charge on any atom is 0 e. The molecule has 10 heavy (non-hydrogen) atoms. The van der Waals surface area contributed by atoms with E-state index in [1.165, 1.54) is 25.7 Å². The molecule has 0 heterocycles. The molecule has 1 rings (SSSR count). The number of rotatable bonds is 0. The Balaban J connectivity index is -0.0000000167. The average molecular weight is 324 g/mol. The topological polar surface area (TPSA) is 0 Å². The van der Waals surface area contributed by atoms with Gasteiger partial charge in [-0.1, -0.05) is 12.8 Å². The summed E-state index contributed by atoms with van der Waals surface area (Å²) in [7, 11) is 0. The second kappa shape index (κ2) is 22.6. The third-order valence-corrected chi connectivity index (χ3v) is 1.07. The third kappa shape index (κ3) is 15.9. The molecule has 0 N–H and O–H groups in total. The molecule has 1 heteroatoms. The predicted molar refractivity (Wildman–Crippen MR) is 48.4 cm³/mol. The van der Waals surface area contributed by atoms with Crippen molar-refractivity contribution in [2.24, 2.45) is 0 Å². The van der Waals surface area contributed by atoms with Gasteiger partial charge in [0.05, 0.1) is 0 Å². The van der Waals surface area contributed by atoms with Crippen molar-refractivity contribution < 1.29 is 21.1 Å². The van der Waals surface area contributed by atoms with Crippen LogP contribution in [-0.2, 0) is 21.1 Å². The summed E-state index contributed by atoms with van der Waals surface area (Å²) in [5, 5.41) is 0. The van der Waals surface area contributed by atoms with Gasteiger partial charge in [-0.25, -0.2) is 0 Å². The van der Waals surface area contributed by atoms with Crippen LogP contribution in [0, 0.1) is 36.1 Å². The second-order valence-electron chi connectivity index (χ2n) is 1.57. The summed E-state index contributed by atoms with van der Waals surface area (Å²) in [6, 6.07) is 0. The van der Waals surface area contributed by atoms with Crippen molar-refractivity contribution >= 4 is 0 Å². The van der Waals surface area contributed by atoms with Gasteiger partial charge in [0.1, 0.15) is 0 Å². The normalized spacial score (nSPS) is 12.0. The molecule has 0 atom stereocenters. The van der Waals surface area contributed by atoms with Gasteiger partial charge in [-0.3, -0.25) is 0 Å². The monoisotopic (exact) mass is 324 g/mol. The van der Waals surface area contributed by atoms with E-state index < -0.39 is 0 Å². The second-order valence-corrected chi connectivity index (χ2v) is 1.57. The van der Waals surface area contributed by atoms with Crippen molar-refractivity contribution in [2.45, 2.75) is 25.7 Å². The fourth-order valence-electron chi connectivity index (χ4n) is 0.722. The van der Waals surface area contributed by atoms with Crippen LogP contribution in [0.2, 0.25) is 0 Å². The van der Waals surface area contributed by atoms with Crippen LogP contribution in [0.4, 0.5) is 0 Å². The van der Waals surface area contributed by atoms with Gasteiger partial charge in [0, 0.05) is 21.1 Å². The van der Waals surface area contributed by atoms with Crippen LogP contribution in [0.15, 0.2) is 0 Å². The van der Waals surface area contributed by atoms with E-state index in [-0.39, 0.29) is 50.8 Å². The van der Waals surface area contributed by atoms with E-state index >= 15 is 0 Å². The summed E-state index contributed by atoms with van der Waals surface area (Å²) in [6.45, 7) is 0. The SMILES string of the molecule is [CH-]1CCCC1.[CH3-].[CH3-].[CH3-].[CH3-].[Pt]. The van der Waals surface area contributed by atoms with Gasteiger partial charge in [-0.15, -0.1) is 0 Å². The molecule has 0 aromatic heterocycles. The van der Waals surface area contributed by atoms with Crippen LogP contribution in [0.3, 0.4) is 0 Å². The van der Waals surface area contributed by atoms with E-state index in [2.05, 4.69) is 6.42 Å². The Labute approximate surface area is 83.1 Å². The standard InChI is InChI=1S/C5H9.4CH3.Pt/c1-2-4-5-3-1;;;;;/h1H,2-5H2;4*1H3;/q5*-1;. The molecule has 1 saturated carbocycles. The summed E-state index contributed by atoms with van der Waals surface area (Å²) < 4.78 is 0. The summed E-state index contributed by atoms with van der Waals surface area (Å²) in [4.78, 5) is 0. The number of hydrogen-bond donors (Lipinski definition) is 0. The third-order valence-electron chi connectivity index (χ3n) is 1.07. The first kappa shape index (κ1) is 31.0. The molecule has 1 aliphatic carbocycles. The molecule has 0 spiro atoms. The van der Waals surface area contributed by atoms with Crippen molar-refractivity contribution in [1.82, 2.24) is 0 Å². The zero-order chi connectivity index (χ0) is 3.54. The van der Waals surface area contributed by atoms with Gasteiger partial charge in [0.25, 0.3) is 0 Å². The Hall–Kier alpha value is 0.688. The van der Waals surface area contributed by atoms with E-state index in [0.29, 0.717) is 0 Å². The van der Waals surface area contributed by atoms with E-state index in [9.17, 15) is 0 Å². The van der Waals surface area contributed by atoms with Crippen LogP contribution < -0.4 is 0 Å². The molecule has 0 aromatic rings. The fourth-order valence-corrected chi connectivity index (χ4v) is 0.722. The molecule has 0 amide bonds. The largest absolute Gasteiger partial charge is 0.358 e. The molecule has 1 aliphatic rings. The molecule has 0 unspecified atom stereocenters. The van der Waals surface area contributed by atoms with Crippen LogP contribution in [-0.4, -0.2) is 0 Å².